The van der Waals surface area contributed by atoms with Crippen molar-refractivity contribution in [1.82, 2.24) is 0 Å². The number of carbonyl (C=O) groups excluding carboxylic acids is 2. The second-order valence-corrected chi connectivity index (χ2v) is 11.8. The maximum Gasteiger partial charge on any atom is 0.341 e. The zero-order chi connectivity index (χ0) is 23.1. The Bertz CT molecular complexity index is 911. The number of ketones is 1. The molecule has 0 bridgehead atoms. The Labute approximate surface area is 186 Å². The Balaban J connectivity index is 1.83. The fourth-order valence-electron chi connectivity index (χ4n) is 7.75. The van der Waals surface area contributed by atoms with E-state index in [1.807, 2.05) is 20.8 Å². The summed E-state index contributed by atoms with van der Waals surface area (Å²) in [5, 5.41) is 10.8. The van der Waals surface area contributed by atoms with E-state index in [1.165, 1.54) is 7.11 Å². The molecule has 31 heavy (non-hydrogen) atoms. The van der Waals surface area contributed by atoms with Crippen LogP contribution in [0.4, 0.5) is 0 Å². The van der Waals surface area contributed by atoms with Crippen molar-refractivity contribution in [2.75, 3.05) is 7.11 Å². The molecule has 0 aromatic carbocycles. The van der Waals surface area contributed by atoms with E-state index in [9.17, 15) is 14.7 Å². The number of rotatable bonds is 1. The molecular weight excluding hydrogens is 392 g/mol. The Morgan fingerprint density at radius 3 is 2.29 bits per heavy atom. The van der Waals surface area contributed by atoms with Crippen molar-refractivity contribution in [2.45, 2.75) is 92.3 Å². The molecule has 0 amide bonds. The summed E-state index contributed by atoms with van der Waals surface area (Å²) in [4.78, 5) is 26.3. The van der Waals surface area contributed by atoms with E-state index < -0.39 is 11.4 Å². The fraction of sp³-hybridized carbons (Fsp3) is 0.769. The molecule has 4 rings (SSSR count). The average Bonchev–Trinajstić information content (AvgIpc) is 2.70. The van der Waals surface area contributed by atoms with Gasteiger partial charge in [0.1, 0.15) is 16.9 Å². The summed E-state index contributed by atoms with van der Waals surface area (Å²) in [5.41, 5.74) is 0.259. The van der Waals surface area contributed by atoms with Gasteiger partial charge in [0, 0.05) is 5.92 Å². The predicted molar refractivity (Wildman–Crippen MR) is 118 cm³/mol. The second kappa shape index (κ2) is 6.69. The average molecular weight is 431 g/mol. The highest BCUT2D eigenvalue weighted by molar-refractivity contribution is 6.22. The number of ether oxygens (including phenoxy) is 2. The van der Waals surface area contributed by atoms with Gasteiger partial charge in [-0.05, 0) is 87.7 Å². The highest BCUT2D eigenvalue weighted by atomic mass is 16.5. The SMILES string of the molecule is COC(=O)C1=C(C)C(C)=C2O[C@@]3(C)CC[C@H]4C(C)(C)[C@@H](O)CC[C@]4(C)[C@@H]3C[C@]2(C)C1=O. The van der Waals surface area contributed by atoms with E-state index in [0.717, 1.165) is 37.0 Å². The summed E-state index contributed by atoms with van der Waals surface area (Å²) in [6.07, 6.45) is 3.95. The Hall–Kier alpha value is -1.62. The Morgan fingerprint density at radius 1 is 1.03 bits per heavy atom. The van der Waals surface area contributed by atoms with Crippen LogP contribution in [0.5, 0.6) is 0 Å². The van der Waals surface area contributed by atoms with Gasteiger partial charge in [0.05, 0.1) is 18.6 Å². The maximum absolute atomic E-state index is 13.7. The second-order valence-electron chi connectivity index (χ2n) is 11.8. The number of esters is 1. The van der Waals surface area contributed by atoms with Crippen molar-refractivity contribution in [3.63, 3.8) is 0 Å². The zero-order valence-corrected chi connectivity index (χ0v) is 20.3. The molecule has 0 radical (unpaired) electrons. The quantitative estimate of drug-likeness (QED) is 0.481. The molecule has 1 aliphatic heterocycles. The molecule has 6 atom stereocenters. The number of methoxy groups -OCH3 is 1. The fourth-order valence-corrected chi connectivity index (χ4v) is 7.75. The lowest BCUT2D eigenvalue weighted by molar-refractivity contribution is -0.230. The van der Waals surface area contributed by atoms with Gasteiger partial charge in [-0.1, -0.05) is 20.8 Å². The van der Waals surface area contributed by atoms with Gasteiger partial charge in [0.2, 0.25) is 0 Å². The summed E-state index contributed by atoms with van der Waals surface area (Å²) in [5.74, 6) is 0.508. The maximum atomic E-state index is 13.7. The minimum absolute atomic E-state index is 0.0416. The number of aliphatic hydroxyl groups is 1. The van der Waals surface area contributed by atoms with Gasteiger partial charge in [-0.2, -0.15) is 0 Å². The lowest BCUT2D eigenvalue weighted by Crippen LogP contribution is -2.65. The van der Waals surface area contributed by atoms with Crippen LogP contribution >= 0.6 is 0 Å². The normalized spacial score (nSPS) is 44.2. The summed E-state index contributed by atoms with van der Waals surface area (Å²) in [7, 11) is 1.32. The summed E-state index contributed by atoms with van der Waals surface area (Å²) in [6.45, 7) is 14.6. The van der Waals surface area contributed by atoms with Gasteiger partial charge < -0.3 is 14.6 Å². The van der Waals surface area contributed by atoms with Gasteiger partial charge in [-0.25, -0.2) is 4.79 Å². The standard InChI is InChI=1S/C26H38O5/c1-14-15(2)21-25(6,20(28)19(14)22(29)30-8)13-17-24(5)11-10-18(27)23(3,4)16(24)9-12-26(17,7)31-21/h16-18,27H,9-13H2,1-8H3/t16-,17-,18-,24-,25+,26-/m0/s1. The molecular formula is C26H38O5. The lowest BCUT2D eigenvalue weighted by Gasteiger charge is -2.66. The van der Waals surface area contributed by atoms with Crippen LogP contribution in [-0.4, -0.2) is 35.7 Å². The molecule has 1 heterocycles. The number of aliphatic hydroxyl groups excluding tert-OH is 1. The Morgan fingerprint density at radius 2 is 1.68 bits per heavy atom. The van der Waals surface area contributed by atoms with Crippen LogP contribution in [0.3, 0.4) is 0 Å². The van der Waals surface area contributed by atoms with Crippen LogP contribution in [0.2, 0.25) is 0 Å². The van der Waals surface area contributed by atoms with E-state index in [-0.39, 0.29) is 39.8 Å². The third-order valence-electron chi connectivity index (χ3n) is 9.82. The van der Waals surface area contributed by atoms with E-state index in [4.69, 9.17) is 9.47 Å². The minimum Gasteiger partial charge on any atom is -0.490 e. The van der Waals surface area contributed by atoms with Gasteiger partial charge in [0.25, 0.3) is 0 Å². The van der Waals surface area contributed by atoms with Crippen molar-refractivity contribution in [2.24, 2.45) is 28.1 Å². The van der Waals surface area contributed by atoms with Gasteiger partial charge in [0.15, 0.2) is 5.78 Å². The van der Waals surface area contributed by atoms with Crippen LogP contribution in [-0.2, 0) is 19.1 Å². The third-order valence-corrected chi connectivity index (χ3v) is 9.82. The topological polar surface area (TPSA) is 72.8 Å². The van der Waals surface area contributed by atoms with Crippen molar-refractivity contribution in [3.05, 3.63) is 22.5 Å². The van der Waals surface area contributed by atoms with E-state index in [0.29, 0.717) is 17.9 Å². The molecule has 0 spiro atoms. The molecule has 0 aromatic rings. The molecule has 1 N–H and O–H groups in total. The van der Waals surface area contributed by atoms with E-state index in [2.05, 4.69) is 27.7 Å². The number of allylic oxidation sites excluding steroid dienone is 3. The molecule has 5 nitrogen and oxygen atoms in total. The number of carbonyl (C=O) groups is 2. The molecule has 3 aliphatic carbocycles. The Kier molecular flexibility index (Phi) is 4.87. The molecule has 4 aliphatic rings. The molecule has 3 fully saturated rings. The monoisotopic (exact) mass is 430 g/mol. The smallest absolute Gasteiger partial charge is 0.341 e. The van der Waals surface area contributed by atoms with Crippen LogP contribution in [0.25, 0.3) is 0 Å². The first kappa shape index (κ1) is 22.6. The molecule has 1 saturated heterocycles. The highest BCUT2D eigenvalue weighted by Gasteiger charge is 2.66. The first-order chi connectivity index (χ1) is 14.2. The highest BCUT2D eigenvalue weighted by Crippen LogP contribution is 2.68. The number of fused-ring (bicyclic) bond motifs is 4. The van der Waals surface area contributed by atoms with Crippen molar-refractivity contribution < 1.29 is 24.2 Å². The van der Waals surface area contributed by atoms with Crippen molar-refractivity contribution in [1.29, 1.82) is 0 Å². The molecule has 0 unspecified atom stereocenters. The van der Waals surface area contributed by atoms with E-state index >= 15 is 0 Å². The largest absolute Gasteiger partial charge is 0.490 e. The molecule has 2 saturated carbocycles. The van der Waals surface area contributed by atoms with Crippen molar-refractivity contribution in [3.8, 4) is 0 Å². The number of hydrogen-bond acceptors (Lipinski definition) is 5. The van der Waals surface area contributed by atoms with Crippen molar-refractivity contribution >= 4 is 11.8 Å². The van der Waals surface area contributed by atoms with Crippen LogP contribution in [0.1, 0.15) is 80.6 Å². The van der Waals surface area contributed by atoms with Gasteiger partial charge in [-0.3, -0.25) is 4.79 Å². The number of hydrogen-bond donors (Lipinski definition) is 1. The molecule has 0 aromatic heterocycles. The summed E-state index contributed by atoms with van der Waals surface area (Å²) < 4.78 is 11.8. The van der Waals surface area contributed by atoms with Crippen LogP contribution < -0.4 is 0 Å². The summed E-state index contributed by atoms with van der Waals surface area (Å²) >= 11 is 0. The first-order valence-corrected chi connectivity index (χ1v) is 11.7. The zero-order valence-electron chi connectivity index (χ0n) is 20.3. The van der Waals surface area contributed by atoms with Crippen LogP contribution in [0, 0.1) is 28.1 Å². The molecule has 172 valence electrons. The number of Topliss-reactive ketones (excluding diaryl/α,β-unsaturated/α-hetero) is 1. The summed E-state index contributed by atoms with van der Waals surface area (Å²) in [6, 6.07) is 0. The first-order valence-electron chi connectivity index (χ1n) is 11.7. The van der Waals surface area contributed by atoms with E-state index in [1.54, 1.807) is 0 Å². The van der Waals surface area contributed by atoms with Gasteiger partial charge in [-0.15, -0.1) is 0 Å². The molecule has 5 heteroatoms. The van der Waals surface area contributed by atoms with Crippen LogP contribution in [0.15, 0.2) is 22.5 Å². The minimum atomic E-state index is -0.873. The third kappa shape index (κ3) is 2.77. The van der Waals surface area contributed by atoms with Gasteiger partial charge >= 0.3 is 5.97 Å². The lowest BCUT2D eigenvalue weighted by atomic mass is 9.42. The predicted octanol–water partition coefficient (Wildman–Crippen LogP) is 4.73.